The van der Waals surface area contributed by atoms with Gasteiger partial charge in [0.1, 0.15) is 6.33 Å². The maximum absolute atomic E-state index is 13.0. The van der Waals surface area contributed by atoms with E-state index in [2.05, 4.69) is 30.7 Å². The second kappa shape index (κ2) is 8.39. The zero-order chi connectivity index (χ0) is 20.3. The highest BCUT2D eigenvalue weighted by atomic mass is 16.1. The smallest absolute Gasteiger partial charge is 0.259 e. The Hall–Kier alpha value is -3.00. The van der Waals surface area contributed by atoms with Crippen LogP contribution in [0.1, 0.15) is 53.7 Å². The van der Waals surface area contributed by atoms with E-state index >= 15 is 0 Å². The molecule has 0 atom stereocenters. The van der Waals surface area contributed by atoms with Gasteiger partial charge in [0.05, 0.1) is 11.3 Å². The lowest BCUT2D eigenvalue weighted by Gasteiger charge is -2.26. The fourth-order valence-electron chi connectivity index (χ4n) is 4.23. The van der Waals surface area contributed by atoms with Gasteiger partial charge in [0.15, 0.2) is 5.82 Å². The molecule has 8 heteroatoms. The third-order valence-electron chi connectivity index (χ3n) is 6.09. The summed E-state index contributed by atoms with van der Waals surface area (Å²) in [4.78, 5) is 24.9. The minimum Gasteiger partial charge on any atom is -0.364 e. The Bertz CT molecular complexity index is 1030. The highest BCUT2D eigenvalue weighted by molar-refractivity contribution is 6.08. The molecule has 2 aliphatic carbocycles. The number of amides is 1. The number of hydrogen-bond donors (Lipinski definition) is 3. The van der Waals surface area contributed by atoms with Crippen molar-refractivity contribution < 1.29 is 4.79 Å². The first kappa shape index (κ1) is 19.0. The van der Waals surface area contributed by atoms with Crippen LogP contribution in [0.4, 0.5) is 5.82 Å². The average Bonchev–Trinajstić information content (AvgIpc) is 3.29. The first-order chi connectivity index (χ1) is 14.8. The molecule has 0 aromatic carbocycles. The normalized spacial score (nSPS) is 15.7. The summed E-state index contributed by atoms with van der Waals surface area (Å²) in [5.41, 5.74) is 4.50. The molecule has 0 spiro atoms. The van der Waals surface area contributed by atoms with E-state index in [1.165, 1.54) is 19.3 Å². The quantitative estimate of drug-likeness (QED) is 0.525. The lowest BCUT2D eigenvalue weighted by atomic mass is 9.93. The van der Waals surface area contributed by atoms with E-state index in [0.717, 1.165) is 61.3 Å². The SMILES string of the molecule is O=C(Nc1ccn(CCCNC2CCC2)n1)c1c[nH]c2c1-c1ncncc1CCC2. The van der Waals surface area contributed by atoms with Gasteiger partial charge in [-0.25, -0.2) is 9.97 Å². The largest absolute Gasteiger partial charge is 0.364 e. The summed E-state index contributed by atoms with van der Waals surface area (Å²) in [5, 5.41) is 11.0. The number of nitrogens with one attached hydrogen (secondary N) is 3. The minimum atomic E-state index is -0.170. The van der Waals surface area contributed by atoms with Gasteiger partial charge in [0, 0.05) is 48.5 Å². The number of aromatic amines is 1. The molecule has 0 unspecified atom stereocenters. The summed E-state index contributed by atoms with van der Waals surface area (Å²) in [5.74, 6) is 0.397. The number of carbonyl (C=O) groups is 1. The number of rotatable bonds is 7. The van der Waals surface area contributed by atoms with Crippen LogP contribution in [0, 0.1) is 0 Å². The van der Waals surface area contributed by atoms with Crippen molar-refractivity contribution in [3.05, 3.63) is 47.8 Å². The van der Waals surface area contributed by atoms with Gasteiger partial charge < -0.3 is 15.6 Å². The molecule has 1 amide bonds. The summed E-state index contributed by atoms with van der Waals surface area (Å²) >= 11 is 0. The molecule has 3 aromatic rings. The molecule has 156 valence electrons. The van der Waals surface area contributed by atoms with E-state index in [1.54, 1.807) is 12.5 Å². The number of anilines is 1. The molecular formula is C22H27N7O. The standard InChI is InChI=1S/C22H27N7O/c30-22(27-19-8-11-29(28-19)10-3-9-24-16-5-2-6-16)17-13-25-18-7-1-4-15-12-23-14-26-21(15)20(17)18/h8,11-14,16,24-25H,1-7,9-10H2,(H,27,28,30). The monoisotopic (exact) mass is 405 g/mol. The van der Waals surface area contributed by atoms with Gasteiger partial charge in [-0.05, 0) is 50.6 Å². The molecule has 0 aliphatic heterocycles. The molecule has 2 aliphatic rings. The molecule has 0 bridgehead atoms. The number of fused-ring (bicyclic) bond motifs is 3. The number of aryl methyl sites for hydroxylation is 3. The number of hydrogen-bond acceptors (Lipinski definition) is 5. The van der Waals surface area contributed by atoms with E-state index in [1.807, 2.05) is 23.1 Å². The van der Waals surface area contributed by atoms with Crippen LogP contribution in [0.25, 0.3) is 11.3 Å². The Morgan fingerprint density at radius 2 is 2.20 bits per heavy atom. The summed E-state index contributed by atoms with van der Waals surface area (Å²) < 4.78 is 1.89. The van der Waals surface area contributed by atoms with Crippen LogP contribution in [0.3, 0.4) is 0 Å². The van der Waals surface area contributed by atoms with Crippen LogP contribution >= 0.6 is 0 Å². The molecule has 8 nitrogen and oxygen atoms in total. The van der Waals surface area contributed by atoms with Gasteiger partial charge in [0.25, 0.3) is 5.91 Å². The summed E-state index contributed by atoms with van der Waals surface area (Å²) in [7, 11) is 0. The molecule has 3 heterocycles. The molecule has 3 aromatic heterocycles. The number of H-pyrrole nitrogens is 1. The second-order valence-electron chi connectivity index (χ2n) is 8.16. The van der Waals surface area contributed by atoms with Crippen molar-refractivity contribution in [2.75, 3.05) is 11.9 Å². The van der Waals surface area contributed by atoms with Crippen molar-refractivity contribution in [3.8, 4) is 11.3 Å². The van der Waals surface area contributed by atoms with Crippen molar-refractivity contribution in [3.63, 3.8) is 0 Å². The topological polar surface area (TPSA) is 101 Å². The van der Waals surface area contributed by atoms with Crippen LogP contribution in [0.15, 0.2) is 31.0 Å². The van der Waals surface area contributed by atoms with Gasteiger partial charge in [-0.1, -0.05) is 6.42 Å². The predicted octanol–water partition coefficient (Wildman–Crippen LogP) is 2.94. The zero-order valence-electron chi connectivity index (χ0n) is 17.0. The van der Waals surface area contributed by atoms with Gasteiger partial charge in [-0.3, -0.25) is 9.48 Å². The van der Waals surface area contributed by atoms with Crippen LogP contribution in [0.5, 0.6) is 0 Å². The first-order valence-electron chi connectivity index (χ1n) is 10.9. The van der Waals surface area contributed by atoms with Crippen LogP contribution in [-0.4, -0.2) is 43.2 Å². The predicted molar refractivity (Wildman–Crippen MR) is 114 cm³/mol. The van der Waals surface area contributed by atoms with E-state index < -0.39 is 0 Å². The van der Waals surface area contributed by atoms with E-state index in [0.29, 0.717) is 17.4 Å². The van der Waals surface area contributed by atoms with Gasteiger partial charge in [-0.2, -0.15) is 5.10 Å². The minimum absolute atomic E-state index is 0.170. The Kier molecular flexibility index (Phi) is 5.31. The fourth-order valence-corrected chi connectivity index (χ4v) is 4.23. The van der Waals surface area contributed by atoms with E-state index in [9.17, 15) is 4.79 Å². The third kappa shape index (κ3) is 3.87. The summed E-state index contributed by atoms with van der Waals surface area (Å²) in [6.45, 7) is 1.84. The molecule has 0 saturated heterocycles. The van der Waals surface area contributed by atoms with Crippen molar-refractivity contribution in [2.45, 2.75) is 57.5 Å². The molecule has 3 N–H and O–H groups in total. The third-order valence-corrected chi connectivity index (χ3v) is 6.09. The van der Waals surface area contributed by atoms with Crippen LogP contribution in [0.2, 0.25) is 0 Å². The fraction of sp³-hybridized carbons (Fsp3) is 0.455. The molecular weight excluding hydrogens is 378 g/mol. The van der Waals surface area contributed by atoms with Crippen molar-refractivity contribution in [1.82, 2.24) is 30.0 Å². The average molecular weight is 406 g/mol. The van der Waals surface area contributed by atoms with E-state index in [-0.39, 0.29) is 5.91 Å². The summed E-state index contributed by atoms with van der Waals surface area (Å²) in [6.07, 6.45) is 14.9. The van der Waals surface area contributed by atoms with Crippen LogP contribution < -0.4 is 10.6 Å². The summed E-state index contributed by atoms with van der Waals surface area (Å²) in [6, 6.07) is 2.56. The Balaban J connectivity index is 1.25. The van der Waals surface area contributed by atoms with Gasteiger partial charge in [0.2, 0.25) is 0 Å². The number of nitrogens with zero attached hydrogens (tertiary/aromatic N) is 4. The second-order valence-corrected chi connectivity index (χ2v) is 8.16. The molecule has 30 heavy (non-hydrogen) atoms. The lowest BCUT2D eigenvalue weighted by Crippen LogP contribution is -2.35. The van der Waals surface area contributed by atoms with Gasteiger partial charge >= 0.3 is 0 Å². The van der Waals surface area contributed by atoms with Crippen LogP contribution in [-0.2, 0) is 19.4 Å². The Morgan fingerprint density at radius 3 is 3.07 bits per heavy atom. The lowest BCUT2D eigenvalue weighted by molar-refractivity contribution is 0.102. The maximum atomic E-state index is 13.0. The van der Waals surface area contributed by atoms with Crippen molar-refractivity contribution in [2.24, 2.45) is 0 Å². The molecule has 1 fully saturated rings. The number of aromatic nitrogens is 5. The first-order valence-corrected chi connectivity index (χ1v) is 10.9. The Labute approximate surface area is 175 Å². The van der Waals surface area contributed by atoms with Crippen molar-refractivity contribution in [1.29, 1.82) is 0 Å². The van der Waals surface area contributed by atoms with E-state index in [4.69, 9.17) is 0 Å². The highest BCUT2D eigenvalue weighted by Crippen LogP contribution is 2.33. The van der Waals surface area contributed by atoms with Crippen molar-refractivity contribution >= 4 is 11.7 Å². The van der Waals surface area contributed by atoms with Gasteiger partial charge in [-0.15, -0.1) is 0 Å². The zero-order valence-corrected chi connectivity index (χ0v) is 17.0. The molecule has 5 rings (SSSR count). The molecule has 1 saturated carbocycles. The Morgan fingerprint density at radius 1 is 1.27 bits per heavy atom. The molecule has 0 radical (unpaired) electrons. The number of carbonyl (C=O) groups excluding carboxylic acids is 1. The maximum Gasteiger partial charge on any atom is 0.259 e. The highest BCUT2D eigenvalue weighted by Gasteiger charge is 2.24.